The van der Waals surface area contributed by atoms with E-state index in [1.807, 2.05) is 12.2 Å². The molecule has 144 valence electrons. The molecular weight excluding hydrogens is 332 g/mol. The molecule has 1 aliphatic heterocycles. The Morgan fingerprint density at radius 3 is 2.77 bits per heavy atom. The first-order chi connectivity index (χ1) is 12.2. The molecule has 0 amide bonds. The zero-order valence-corrected chi connectivity index (χ0v) is 16.2. The van der Waals surface area contributed by atoms with Crippen LogP contribution in [-0.2, 0) is 19.1 Å². The van der Waals surface area contributed by atoms with Crippen molar-refractivity contribution in [2.24, 2.45) is 22.7 Å². The summed E-state index contributed by atoms with van der Waals surface area (Å²) in [6.07, 6.45) is 8.44. The summed E-state index contributed by atoms with van der Waals surface area (Å²) in [5.41, 5.74) is 0.928. The Balaban J connectivity index is 1.88. The van der Waals surface area contributed by atoms with Gasteiger partial charge in [-0.15, -0.1) is 0 Å². The number of carbonyl (C=O) groups excluding carboxylic acids is 1. The highest BCUT2D eigenvalue weighted by Gasteiger charge is 2.55. The Morgan fingerprint density at radius 2 is 2.15 bits per heavy atom. The molecule has 0 spiro atoms. The van der Waals surface area contributed by atoms with Gasteiger partial charge in [0.1, 0.15) is 0 Å². The highest BCUT2D eigenvalue weighted by atomic mass is 16.7. The summed E-state index contributed by atoms with van der Waals surface area (Å²) in [4.78, 5) is 23.9. The molecule has 5 heteroatoms. The number of cyclic esters (lactones) is 1. The normalized spacial score (nSPS) is 41.5. The van der Waals surface area contributed by atoms with E-state index in [1.54, 1.807) is 7.11 Å². The summed E-state index contributed by atoms with van der Waals surface area (Å²) in [6, 6.07) is 0. The highest BCUT2D eigenvalue weighted by Crippen LogP contribution is 2.61. The zero-order valence-electron chi connectivity index (χ0n) is 16.2. The summed E-state index contributed by atoms with van der Waals surface area (Å²) in [7, 11) is 1.54. The predicted octanol–water partition coefficient (Wildman–Crippen LogP) is 4.09. The molecule has 0 aromatic carbocycles. The van der Waals surface area contributed by atoms with Crippen molar-refractivity contribution >= 4 is 11.9 Å². The molecule has 26 heavy (non-hydrogen) atoms. The van der Waals surface area contributed by atoms with Gasteiger partial charge in [-0.05, 0) is 49.4 Å². The fraction of sp³-hybridized carbons (Fsp3) is 0.714. The van der Waals surface area contributed by atoms with Crippen LogP contribution in [0.5, 0.6) is 0 Å². The van der Waals surface area contributed by atoms with Gasteiger partial charge in [0.15, 0.2) is 0 Å². The van der Waals surface area contributed by atoms with E-state index in [4.69, 9.17) is 9.47 Å². The van der Waals surface area contributed by atoms with E-state index in [0.29, 0.717) is 29.4 Å². The minimum atomic E-state index is -0.783. The number of carboxylic acids is 1. The van der Waals surface area contributed by atoms with Crippen molar-refractivity contribution in [3.8, 4) is 0 Å². The Bertz CT molecular complexity index is 663. The van der Waals surface area contributed by atoms with Gasteiger partial charge in [-0.1, -0.05) is 32.9 Å². The molecule has 2 aliphatic carbocycles. The Labute approximate surface area is 155 Å². The topological polar surface area (TPSA) is 72.8 Å². The first-order valence-electron chi connectivity index (χ1n) is 9.59. The third kappa shape index (κ3) is 3.00. The van der Waals surface area contributed by atoms with Gasteiger partial charge < -0.3 is 14.6 Å². The van der Waals surface area contributed by atoms with Gasteiger partial charge in [0, 0.05) is 30.1 Å². The van der Waals surface area contributed by atoms with Gasteiger partial charge in [0.2, 0.25) is 6.29 Å². The third-order valence-corrected chi connectivity index (χ3v) is 7.38. The molecule has 1 heterocycles. The van der Waals surface area contributed by atoms with Gasteiger partial charge in [0.05, 0.1) is 0 Å². The standard InChI is InChI=1S/C21H30O5/c1-13-8-10-21(3)15(18(22)23)6-5-7-16(21)20(13,2)11-9-14-12-17(25-4)26-19(14)24/h6,9,13,16-17H,5,7-8,10-12H2,1-4H3,(H,22,23). The first-order valence-corrected chi connectivity index (χ1v) is 9.59. The van der Waals surface area contributed by atoms with Crippen molar-refractivity contribution in [3.63, 3.8) is 0 Å². The molecule has 2 fully saturated rings. The van der Waals surface area contributed by atoms with Crippen molar-refractivity contribution in [3.05, 3.63) is 23.3 Å². The molecule has 5 atom stereocenters. The molecule has 0 aromatic heterocycles. The van der Waals surface area contributed by atoms with Crippen molar-refractivity contribution in [1.82, 2.24) is 0 Å². The number of hydrogen-bond donors (Lipinski definition) is 1. The zero-order chi connectivity index (χ0) is 19.1. The summed E-state index contributed by atoms with van der Waals surface area (Å²) in [5, 5.41) is 9.72. The lowest BCUT2D eigenvalue weighted by atomic mass is 9.47. The summed E-state index contributed by atoms with van der Waals surface area (Å²) in [6.45, 7) is 6.66. The van der Waals surface area contributed by atoms with Crippen LogP contribution in [0.25, 0.3) is 0 Å². The number of aliphatic carboxylic acids is 1. The summed E-state index contributed by atoms with van der Waals surface area (Å²) in [5.74, 6) is -0.306. The van der Waals surface area contributed by atoms with Gasteiger partial charge >= 0.3 is 11.9 Å². The number of carbonyl (C=O) groups is 2. The van der Waals surface area contributed by atoms with Crippen LogP contribution in [0.15, 0.2) is 23.3 Å². The van der Waals surface area contributed by atoms with Gasteiger partial charge in [-0.2, -0.15) is 0 Å². The lowest BCUT2D eigenvalue weighted by Gasteiger charge is -2.57. The number of allylic oxidation sites excluding steroid dienone is 2. The van der Waals surface area contributed by atoms with Crippen molar-refractivity contribution in [2.45, 2.75) is 65.6 Å². The highest BCUT2D eigenvalue weighted by molar-refractivity contribution is 5.90. The second kappa shape index (κ2) is 6.84. The van der Waals surface area contributed by atoms with Crippen molar-refractivity contribution in [1.29, 1.82) is 0 Å². The van der Waals surface area contributed by atoms with E-state index in [0.717, 1.165) is 32.1 Å². The molecule has 3 rings (SSSR count). The Hall–Kier alpha value is -1.62. The fourth-order valence-electron chi connectivity index (χ4n) is 5.51. The minimum Gasteiger partial charge on any atom is -0.478 e. The maximum atomic E-state index is 12.0. The molecule has 3 aliphatic rings. The van der Waals surface area contributed by atoms with Crippen molar-refractivity contribution < 1.29 is 24.2 Å². The number of hydrogen-bond acceptors (Lipinski definition) is 4. The number of fused-ring (bicyclic) bond motifs is 1. The van der Waals surface area contributed by atoms with Crippen LogP contribution in [0, 0.1) is 22.7 Å². The molecule has 1 saturated carbocycles. The van der Waals surface area contributed by atoms with E-state index in [9.17, 15) is 14.7 Å². The van der Waals surface area contributed by atoms with E-state index in [2.05, 4.69) is 20.8 Å². The largest absolute Gasteiger partial charge is 0.478 e. The van der Waals surface area contributed by atoms with Crippen LogP contribution in [0.3, 0.4) is 0 Å². The quantitative estimate of drug-likeness (QED) is 0.602. The molecule has 0 aromatic rings. The molecular formula is C21H30O5. The van der Waals surface area contributed by atoms with Gasteiger partial charge in [-0.25, -0.2) is 9.59 Å². The van der Waals surface area contributed by atoms with Crippen LogP contribution in [0.2, 0.25) is 0 Å². The van der Waals surface area contributed by atoms with Crippen LogP contribution in [-0.4, -0.2) is 30.4 Å². The van der Waals surface area contributed by atoms with Crippen LogP contribution < -0.4 is 0 Å². The third-order valence-electron chi connectivity index (χ3n) is 7.38. The predicted molar refractivity (Wildman–Crippen MR) is 97.3 cm³/mol. The average Bonchev–Trinajstić information content (AvgIpc) is 2.96. The average molecular weight is 362 g/mol. The number of rotatable bonds is 4. The Kier molecular flexibility index (Phi) is 5.04. The fourth-order valence-corrected chi connectivity index (χ4v) is 5.51. The summed E-state index contributed by atoms with van der Waals surface area (Å²) < 4.78 is 10.3. The maximum Gasteiger partial charge on any atom is 0.336 e. The number of ether oxygens (including phenoxy) is 2. The lowest BCUT2D eigenvalue weighted by molar-refractivity contribution is -0.156. The maximum absolute atomic E-state index is 12.0. The SMILES string of the molecule is COC1CC(=CCC2(C)C(C)CCC3(C)C(C(=O)O)=CCCC32)C(=O)O1. The first kappa shape index (κ1) is 19.2. The number of esters is 1. The molecule has 0 radical (unpaired) electrons. The number of methoxy groups -OCH3 is 1. The molecule has 0 bridgehead atoms. The number of carboxylic acid groups (broad SMARTS) is 1. The summed E-state index contributed by atoms with van der Waals surface area (Å²) >= 11 is 0. The van der Waals surface area contributed by atoms with Crippen molar-refractivity contribution in [2.75, 3.05) is 7.11 Å². The molecule has 1 saturated heterocycles. The smallest absolute Gasteiger partial charge is 0.336 e. The van der Waals surface area contributed by atoms with Crippen LogP contribution >= 0.6 is 0 Å². The second-order valence-corrected chi connectivity index (χ2v) is 8.62. The van der Waals surface area contributed by atoms with E-state index in [1.165, 1.54) is 0 Å². The second-order valence-electron chi connectivity index (χ2n) is 8.62. The van der Waals surface area contributed by atoms with Crippen LogP contribution in [0.4, 0.5) is 0 Å². The Morgan fingerprint density at radius 1 is 1.42 bits per heavy atom. The van der Waals surface area contributed by atoms with E-state index < -0.39 is 12.3 Å². The van der Waals surface area contributed by atoms with Crippen LogP contribution in [0.1, 0.15) is 59.3 Å². The minimum absolute atomic E-state index is 0.0413. The van der Waals surface area contributed by atoms with Gasteiger partial charge in [0.25, 0.3) is 0 Å². The van der Waals surface area contributed by atoms with E-state index in [-0.39, 0.29) is 16.8 Å². The molecule has 1 N–H and O–H groups in total. The lowest BCUT2D eigenvalue weighted by Crippen LogP contribution is -2.50. The van der Waals surface area contributed by atoms with Gasteiger partial charge in [-0.3, -0.25) is 0 Å². The molecule has 5 nitrogen and oxygen atoms in total. The monoisotopic (exact) mass is 362 g/mol. The van der Waals surface area contributed by atoms with E-state index >= 15 is 0 Å². The molecule has 5 unspecified atom stereocenters.